The lowest BCUT2D eigenvalue weighted by atomic mass is 9.91. The summed E-state index contributed by atoms with van der Waals surface area (Å²) in [7, 11) is 1.45. The van der Waals surface area contributed by atoms with Crippen LogP contribution in [0, 0.1) is 5.82 Å². The number of amides is 1. The van der Waals surface area contributed by atoms with E-state index in [0.29, 0.717) is 18.3 Å². The standard InChI is InChI=1S/C14H18FN3O2/c1-4-8-16-13-17-12(19)14(2,18-13)11-9(15)6-5-7-10(11)20-3/h5-7H,4,8H2,1-3H3,(H2,16,17,18,19). The van der Waals surface area contributed by atoms with Crippen molar-refractivity contribution in [1.82, 2.24) is 10.6 Å². The molecule has 1 unspecified atom stereocenters. The maximum absolute atomic E-state index is 14.1. The van der Waals surface area contributed by atoms with Gasteiger partial charge in [-0.25, -0.2) is 4.39 Å². The predicted octanol–water partition coefficient (Wildman–Crippen LogP) is 1.53. The molecule has 5 nitrogen and oxygen atoms in total. The molecule has 0 aromatic heterocycles. The van der Waals surface area contributed by atoms with Gasteiger partial charge in [0.25, 0.3) is 5.91 Å². The Morgan fingerprint density at radius 2 is 2.20 bits per heavy atom. The number of methoxy groups -OCH3 is 1. The highest BCUT2D eigenvalue weighted by molar-refractivity contribution is 6.09. The van der Waals surface area contributed by atoms with Crippen LogP contribution in [0.4, 0.5) is 4.39 Å². The van der Waals surface area contributed by atoms with Gasteiger partial charge in [-0.3, -0.25) is 15.1 Å². The predicted molar refractivity (Wildman–Crippen MR) is 74.2 cm³/mol. The number of nitrogens with one attached hydrogen (secondary N) is 2. The first-order valence-corrected chi connectivity index (χ1v) is 6.50. The van der Waals surface area contributed by atoms with Gasteiger partial charge in [-0.2, -0.15) is 0 Å². The number of carbonyl (C=O) groups excluding carboxylic acids is 1. The Labute approximate surface area is 117 Å². The Kier molecular flexibility index (Phi) is 3.92. The summed E-state index contributed by atoms with van der Waals surface area (Å²) in [6, 6.07) is 4.47. The van der Waals surface area contributed by atoms with Crippen LogP contribution in [0.3, 0.4) is 0 Å². The van der Waals surface area contributed by atoms with Crippen molar-refractivity contribution in [3.8, 4) is 5.75 Å². The van der Waals surface area contributed by atoms with Gasteiger partial charge >= 0.3 is 0 Å². The van der Waals surface area contributed by atoms with E-state index in [2.05, 4.69) is 15.6 Å². The molecule has 20 heavy (non-hydrogen) atoms. The summed E-state index contributed by atoms with van der Waals surface area (Å²) in [6.07, 6.45) is 0.862. The number of hydrogen-bond donors (Lipinski definition) is 2. The van der Waals surface area contributed by atoms with Crippen LogP contribution in [-0.2, 0) is 10.3 Å². The summed E-state index contributed by atoms with van der Waals surface area (Å²) in [5, 5.41) is 5.59. The van der Waals surface area contributed by atoms with E-state index >= 15 is 0 Å². The zero-order chi connectivity index (χ0) is 14.8. The Morgan fingerprint density at radius 3 is 2.85 bits per heavy atom. The first-order chi connectivity index (χ1) is 9.52. The van der Waals surface area contributed by atoms with Crippen molar-refractivity contribution < 1.29 is 13.9 Å². The number of guanidine groups is 1. The highest BCUT2D eigenvalue weighted by Gasteiger charge is 2.46. The van der Waals surface area contributed by atoms with Crippen LogP contribution in [0.25, 0.3) is 0 Å². The van der Waals surface area contributed by atoms with Crippen molar-refractivity contribution in [2.45, 2.75) is 25.8 Å². The molecule has 1 atom stereocenters. The van der Waals surface area contributed by atoms with Gasteiger partial charge in [-0.15, -0.1) is 0 Å². The monoisotopic (exact) mass is 279 g/mol. The van der Waals surface area contributed by atoms with Crippen molar-refractivity contribution in [1.29, 1.82) is 0 Å². The second kappa shape index (κ2) is 5.48. The minimum Gasteiger partial charge on any atom is -0.496 e. The molecule has 108 valence electrons. The summed E-state index contributed by atoms with van der Waals surface area (Å²) in [5.74, 6) is -0.154. The molecule has 1 amide bonds. The van der Waals surface area contributed by atoms with Crippen molar-refractivity contribution in [2.24, 2.45) is 4.99 Å². The van der Waals surface area contributed by atoms with E-state index in [1.165, 1.54) is 13.2 Å². The number of ether oxygens (including phenoxy) is 1. The van der Waals surface area contributed by atoms with E-state index in [1.54, 1.807) is 19.1 Å². The first-order valence-electron chi connectivity index (χ1n) is 6.50. The highest BCUT2D eigenvalue weighted by Crippen LogP contribution is 2.34. The van der Waals surface area contributed by atoms with Gasteiger partial charge < -0.3 is 10.1 Å². The van der Waals surface area contributed by atoms with Gasteiger partial charge in [-0.1, -0.05) is 13.0 Å². The molecule has 1 aliphatic rings. The van der Waals surface area contributed by atoms with Crippen molar-refractivity contribution in [3.63, 3.8) is 0 Å². The van der Waals surface area contributed by atoms with Crippen LogP contribution in [0.2, 0.25) is 0 Å². The molecule has 0 aliphatic carbocycles. The average Bonchev–Trinajstić information content (AvgIpc) is 2.72. The SMILES string of the molecule is CCCN=C1NC(=O)C(C)(c2c(F)cccc2OC)N1. The van der Waals surface area contributed by atoms with Crippen molar-refractivity contribution >= 4 is 11.9 Å². The molecule has 2 N–H and O–H groups in total. The molecule has 0 spiro atoms. The van der Waals surface area contributed by atoms with E-state index in [1.807, 2.05) is 6.92 Å². The van der Waals surface area contributed by atoms with Crippen LogP contribution < -0.4 is 15.4 Å². The highest BCUT2D eigenvalue weighted by atomic mass is 19.1. The fourth-order valence-electron chi connectivity index (χ4n) is 2.20. The molecule has 0 bridgehead atoms. The summed E-state index contributed by atoms with van der Waals surface area (Å²) < 4.78 is 19.3. The number of carbonyl (C=O) groups is 1. The molecule has 1 heterocycles. The van der Waals surface area contributed by atoms with Crippen LogP contribution in [-0.4, -0.2) is 25.5 Å². The second-order valence-corrected chi connectivity index (χ2v) is 4.75. The Hall–Kier alpha value is -2.11. The quantitative estimate of drug-likeness (QED) is 0.878. The van der Waals surface area contributed by atoms with Gasteiger partial charge in [0.2, 0.25) is 0 Å². The number of rotatable bonds is 4. The van der Waals surface area contributed by atoms with Gasteiger partial charge in [0.1, 0.15) is 17.1 Å². The maximum atomic E-state index is 14.1. The first kappa shape index (κ1) is 14.3. The van der Waals surface area contributed by atoms with E-state index in [0.717, 1.165) is 6.42 Å². The lowest BCUT2D eigenvalue weighted by Gasteiger charge is -2.24. The van der Waals surface area contributed by atoms with E-state index < -0.39 is 11.4 Å². The van der Waals surface area contributed by atoms with Crippen LogP contribution in [0.15, 0.2) is 23.2 Å². The van der Waals surface area contributed by atoms with Gasteiger partial charge in [0.15, 0.2) is 5.96 Å². The molecule has 1 fully saturated rings. The smallest absolute Gasteiger partial charge is 0.257 e. The summed E-state index contributed by atoms with van der Waals surface area (Å²) in [5.41, 5.74) is -1.05. The fraction of sp³-hybridized carbons (Fsp3) is 0.429. The van der Waals surface area contributed by atoms with Crippen LogP contribution in [0.5, 0.6) is 5.75 Å². The van der Waals surface area contributed by atoms with Gasteiger partial charge in [0.05, 0.1) is 12.7 Å². The number of benzene rings is 1. The fourth-order valence-corrected chi connectivity index (χ4v) is 2.20. The molecular formula is C14H18FN3O2. The maximum Gasteiger partial charge on any atom is 0.257 e. The Balaban J connectivity index is 2.44. The largest absolute Gasteiger partial charge is 0.496 e. The lowest BCUT2D eigenvalue weighted by molar-refractivity contribution is -0.123. The topological polar surface area (TPSA) is 62.7 Å². The number of hydrogen-bond acceptors (Lipinski definition) is 3. The molecule has 1 aliphatic heterocycles. The molecule has 1 saturated heterocycles. The van der Waals surface area contributed by atoms with E-state index in [4.69, 9.17) is 4.74 Å². The minimum absolute atomic E-state index is 0.182. The number of aliphatic imine (C=N–C) groups is 1. The van der Waals surface area contributed by atoms with Crippen molar-refractivity contribution in [3.05, 3.63) is 29.6 Å². The third kappa shape index (κ3) is 2.33. The number of halogens is 1. The van der Waals surface area contributed by atoms with E-state index in [9.17, 15) is 9.18 Å². The van der Waals surface area contributed by atoms with Crippen molar-refractivity contribution in [2.75, 3.05) is 13.7 Å². The van der Waals surface area contributed by atoms with E-state index in [-0.39, 0.29) is 11.5 Å². The van der Waals surface area contributed by atoms with Crippen LogP contribution in [0.1, 0.15) is 25.8 Å². The third-order valence-corrected chi connectivity index (χ3v) is 3.24. The summed E-state index contributed by atoms with van der Waals surface area (Å²) in [6.45, 7) is 4.19. The zero-order valence-corrected chi connectivity index (χ0v) is 11.8. The molecule has 1 aromatic rings. The van der Waals surface area contributed by atoms with Crippen LogP contribution >= 0.6 is 0 Å². The second-order valence-electron chi connectivity index (χ2n) is 4.75. The molecule has 1 aromatic carbocycles. The Bertz CT molecular complexity index is 559. The zero-order valence-electron chi connectivity index (χ0n) is 11.8. The van der Waals surface area contributed by atoms with Gasteiger partial charge in [0, 0.05) is 6.54 Å². The molecule has 6 heteroatoms. The molecule has 0 radical (unpaired) electrons. The summed E-state index contributed by atoms with van der Waals surface area (Å²) in [4.78, 5) is 16.4. The third-order valence-electron chi connectivity index (χ3n) is 3.24. The summed E-state index contributed by atoms with van der Waals surface area (Å²) >= 11 is 0. The van der Waals surface area contributed by atoms with Gasteiger partial charge in [-0.05, 0) is 25.5 Å². The molecule has 0 saturated carbocycles. The number of nitrogens with zero attached hydrogens (tertiary/aromatic N) is 1. The molecular weight excluding hydrogens is 261 g/mol. The minimum atomic E-state index is -1.23. The lowest BCUT2D eigenvalue weighted by Crippen LogP contribution is -2.41. The Morgan fingerprint density at radius 1 is 1.45 bits per heavy atom. The average molecular weight is 279 g/mol. The molecule has 2 rings (SSSR count). The normalized spacial score (nSPS) is 23.6.